The number of nitriles is 1. The number of morpholine rings is 1. The second-order valence-electron chi connectivity index (χ2n) is 4.36. The summed E-state index contributed by atoms with van der Waals surface area (Å²) in [5, 5.41) is 9.14. The number of pyridine rings is 1. The second kappa shape index (κ2) is 5.15. The van der Waals surface area contributed by atoms with Gasteiger partial charge in [-0.25, -0.2) is 0 Å². The van der Waals surface area contributed by atoms with Crippen LogP contribution in [0.25, 0.3) is 0 Å². The molecule has 0 saturated carbocycles. The summed E-state index contributed by atoms with van der Waals surface area (Å²) >= 11 is 0. The van der Waals surface area contributed by atoms with Gasteiger partial charge in [0.25, 0.3) is 0 Å². The number of hydrogen-bond acceptors (Lipinski definition) is 4. The van der Waals surface area contributed by atoms with Crippen LogP contribution in [0.2, 0.25) is 0 Å². The predicted molar refractivity (Wildman–Crippen MR) is 65.8 cm³/mol. The van der Waals surface area contributed by atoms with E-state index in [0.29, 0.717) is 11.6 Å². The van der Waals surface area contributed by atoms with E-state index < -0.39 is 0 Å². The van der Waals surface area contributed by atoms with Gasteiger partial charge in [-0.05, 0) is 19.4 Å². The average Bonchev–Trinajstić information content (AvgIpc) is 2.38. The second-order valence-corrected chi connectivity index (χ2v) is 4.36. The van der Waals surface area contributed by atoms with E-state index in [9.17, 15) is 0 Å². The Labute approximate surface area is 102 Å². The van der Waals surface area contributed by atoms with Gasteiger partial charge in [0, 0.05) is 12.7 Å². The minimum atomic E-state index is 0.199. The van der Waals surface area contributed by atoms with E-state index in [4.69, 9.17) is 10.00 Å². The highest BCUT2D eigenvalue weighted by Crippen LogP contribution is 2.25. The van der Waals surface area contributed by atoms with Gasteiger partial charge in [0.1, 0.15) is 6.07 Å². The van der Waals surface area contributed by atoms with Crippen molar-refractivity contribution < 1.29 is 4.74 Å². The Kier molecular flexibility index (Phi) is 3.60. The van der Waals surface area contributed by atoms with Crippen LogP contribution in [0.1, 0.15) is 25.8 Å². The summed E-state index contributed by atoms with van der Waals surface area (Å²) in [4.78, 5) is 6.38. The summed E-state index contributed by atoms with van der Waals surface area (Å²) < 4.78 is 5.66. The first-order chi connectivity index (χ1) is 8.26. The van der Waals surface area contributed by atoms with Crippen molar-refractivity contribution in [2.45, 2.75) is 32.4 Å². The molecule has 0 radical (unpaired) electrons. The predicted octanol–water partition coefficient (Wildman–Crippen LogP) is 1.96. The summed E-state index contributed by atoms with van der Waals surface area (Å²) in [6, 6.07) is 4.33. The molecule has 0 bridgehead atoms. The quantitative estimate of drug-likeness (QED) is 0.780. The fourth-order valence-electron chi connectivity index (χ4n) is 2.19. The molecule has 1 fully saturated rings. The lowest BCUT2D eigenvalue weighted by Crippen LogP contribution is -2.49. The van der Waals surface area contributed by atoms with Crippen LogP contribution in [0.15, 0.2) is 18.5 Å². The molecule has 90 valence electrons. The number of anilines is 1. The zero-order valence-electron chi connectivity index (χ0n) is 10.3. The van der Waals surface area contributed by atoms with Gasteiger partial charge in [-0.3, -0.25) is 4.98 Å². The number of rotatable bonds is 2. The van der Waals surface area contributed by atoms with E-state index in [1.807, 2.05) is 0 Å². The van der Waals surface area contributed by atoms with Crippen LogP contribution in [0.3, 0.4) is 0 Å². The maximum atomic E-state index is 9.14. The van der Waals surface area contributed by atoms with Crippen LogP contribution in [0, 0.1) is 11.3 Å². The Bertz CT molecular complexity index is 427. The molecule has 1 aromatic heterocycles. The zero-order valence-corrected chi connectivity index (χ0v) is 10.3. The molecule has 1 aliphatic rings. The first-order valence-electron chi connectivity index (χ1n) is 5.98. The van der Waals surface area contributed by atoms with Crippen molar-refractivity contribution in [2.75, 3.05) is 18.1 Å². The van der Waals surface area contributed by atoms with Crippen molar-refractivity contribution in [1.82, 2.24) is 4.98 Å². The van der Waals surface area contributed by atoms with E-state index in [2.05, 4.69) is 29.8 Å². The maximum absolute atomic E-state index is 9.14. The standard InChI is InChI=1S/C13H17N3O/c1-3-12-9-17-10(2)8-16(12)13-7-15-5-4-11(13)6-14/h4-5,7,10,12H,3,8-9H2,1-2H3. The lowest BCUT2D eigenvalue weighted by molar-refractivity contribution is 0.0299. The Morgan fingerprint density at radius 2 is 2.47 bits per heavy atom. The van der Waals surface area contributed by atoms with Gasteiger partial charge in [0.05, 0.1) is 36.2 Å². The Morgan fingerprint density at radius 1 is 1.65 bits per heavy atom. The summed E-state index contributed by atoms with van der Waals surface area (Å²) in [6.07, 6.45) is 4.64. The molecule has 2 rings (SSSR count). The lowest BCUT2D eigenvalue weighted by atomic mass is 10.1. The molecule has 4 nitrogen and oxygen atoms in total. The highest BCUT2D eigenvalue weighted by molar-refractivity contribution is 5.58. The van der Waals surface area contributed by atoms with Gasteiger partial charge in [-0.15, -0.1) is 0 Å². The van der Waals surface area contributed by atoms with Gasteiger partial charge >= 0.3 is 0 Å². The Morgan fingerprint density at radius 3 is 3.18 bits per heavy atom. The summed E-state index contributed by atoms with van der Waals surface area (Å²) in [6.45, 7) is 5.73. The fraction of sp³-hybridized carbons (Fsp3) is 0.538. The van der Waals surface area contributed by atoms with Crippen molar-refractivity contribution in [2.24, 2.45) is 0 Å². The molecule has 2 heterocycles. The maximum Gasteiger partial charge on any atom is 0.101 e. The van der Waals surface area contributed by atoms with E-state index >= 15 is 0 Å². The third-order valence-electron chi connectivity index (χ3n) is 3.17. The topological polar surface area (TPSA) is 49.1 Å². The molecule has 0 aliphatic carbocycles. The molecule has 1 aliphatic heterocycles. The van der Waals surface area contributed by atoms with Crippen molar-refractivity contribution >= 4 is 5.69 Å². The van der Waals surface area contributed by atoms with Crippen molar-refractivity contribution in [1.29, 1.82) is 5.26 Å². The largest absolute Gasteiger partial charge is 0.375 e. The van der Waals surface area contributed by atoms with Crippen molar-refractivity contribution in [3.05, 3.63) is 24.0 Å². The van der Waals surface area contributed by atoms with Gasteiger partial charge in [0.15, 0.2) is 0 Å². The minimum absolute atomic E-state index is 0.199. The van der Waals surface area contributed by atoms with Crippen LogP contribution in [-0.2, 0) is 4.74 Å². The van der Waals surface area contributed by atoms with Gasteiger partial charge < -0.3 is 9.64 Å². The number of nitrogens with zero attached hydrogens (tertiary/aromatic N) is 3. The normalized spacial score (nSPS) is 24.4. The van der Waals surface area contributed by atoms with Crippen LogP contribution in [-0.4, -0.2) is 30.3 Å². The molecule has 17 heavy (non-hydrogen) atoms. The van der Waals surface area contributed by atoms with Crippen LogP contribution in [0.4, 0.5) is 5.69 Å². The molecule has 2 atom stereocenters. The zero-order chi connectivity index (χ0) is 12.3. The Balaban J connectivity index is 2.32. The van der Waals surface area contributed by atoms with Crippen LogP contribution < -0.4 is 4.90 Å². The van der Waals surface area contributed by atoms with E-state index in [1.54, 1.807) is 18.5 Å². The lowest BCUT2D eigenvalue weighted by Gasteiger charge is -2.40. The van der Waals surface area contributed by atoms with E-state index in [0.717, 1.165) is 25.3 Å². The first-order valence-corrected chi connectivity index (χ1v) is 5.98. The molecule has 4 heteroatoms. The molecule has 1 saturated heterocycles. The number of hydrogen-bond donors (Lipinski definition) is 0. The third kappa shape index (κ3) is 2.40. The highest BCUT2D eigenvalue weighted by atomic mass is 16.5. The monoisotopic (exact) mass is 231 g/mol. The average molecular weight is 231 g/mol. The SMILES string of the molecule is CCC1COC(C)CN1c1cnccc1C#N. The summed E-state index contributed by atoms with van der Waals surface area (Å²) in [5.41, 5.74) is 1.62. The molecule has 0 amide bonds. The van der Waals surface area contributed by atoms with Gasteiger partial charge in [0.2, 0.25) is 0 Å². The molecule has 1 aromatic rings. The van der Waals surface area contributed by atoms with Crippen molar-refractivity contribution in [3.8, 4) is 6.07 Å². The highest BCUT2D eigenvalue weighted by Gasteiger charge is 2.27. The number of aromatic nitrogens is 1. The van der Waals surface area contributed by atoms with E-state index in [1.165, 1.54) is 0 Å². The van der Waals surface area contributed by atoms with Crippen LogP contribution in [0.5, 0.6) is 0 Å². The third-order valence-corrected chi connectivity index (χ3v) is 3.17. The summed E-state index contributed by atoms with van der Waals surface area (Å²) in [7, 11) is 0. The fourth-order valence-corrected chi connectivity index (χ4v) is 2.19. The van der Waals surface area contributed by atoms with Crippen molar-refractivity contribution in [3.63, 3.8) is 0 Å². The molecular formula is C13H17N3O. The first kappa shape index (κ1) is 11.9. The molecular weight excluding hydrogens is 214 g/mol. The van der Waals surface area contributed by atoms with E-state index in [-0.39, 0.29) is 6.10 Å². The minimum Gasteiger partial charge on any atom is -0.375 e. The van der Waals surface area contributed by atoms with Crippen LogP contribution >= 0.6 is 0 Å². The smallest absolute Gasteiger partial charge is 0.101 e. The molecule has 2 unspecified atom stereocenters. The summed E-state index contributed by atoms with van der Waals surface area (Å²) in [5.74, 6) is 0. The molecule has 0 N–H and O–H groups in total. The van der Waals surface area contributed by atoms with Gasteiger partial charge in [-0.1, -0.05) is 6.92 Å². The molecule has 0 spiro atoms. The van der Waals surface area contributed by atoms with Gasteiger partial charge in [-0.2, -0.15) is 5.26 Å². The Hall–Kier alpha value is -1.60. The molecule has 0 aromatic carbocycles. The number of ether oxygens (including phenoxy) is 1.